The van der Waals surface area contributed by atoms with Gasteiger partial charge in [-0.15, -0.1) is 0 Å². The molecule has 0 radical (unpaired) electrons. The van der Waals surface area contributed by atoms with Crippen molar-refractivity contribution in [2.75, 3.05) is 5.32 Å². The highest BCUT2D eigenvalue weighted by Gasteiger charge is 2.23. The number of fused-ring (bicyclic) bond motifs is 1. The number of carbonyl (C=O) groups excluding carboxylic acids is 1. The summed E-state index contributed by atoms with van der Waals surface area (Å²) in [5, 5.41) is 12.6. The summed E-state index contributed by atoms with van der Waals surface area (Å²) in [6, 6.07) is 8.77. The summed E-state index contributed by atoms with van der Waals surface area (Å²) in [5.74, 6) is 6.72. The van der Waals surface area contributed by atoms with E-state index in [9.17, 15) is 14.7 Å². The van der Waals surface area contributed by atoms with E-state index in [2.05, 4.69) is 42.1 Å². The van der Waals surface area contributed by atoms with Crippen molar-refractivity contribution in [3.63, 3.8) is 0 Å². The molecule has 0 bridgehead atoms. The molecule has 2 N–H and O–H groups in total. The van der Waals surface area contributed by atoms with Crippen LogP contribution < -0.4 is 5.32 Å². The fourth-order valence-electron chi connectivity index (χ4n) is 4.23. The van der Waals surface area contributed by atoms with Crippen LogP contribution >= 0.6 is 0 Å². The Labute approximate surface area is 212 Å². The Morgan fingerprint density at radius 2 is 1.84 bits per heavy atom. The summed E-state index contributed by atoms with van der Waals surface area (Å²) in [6.45, 7) is 1.44. The number of nitrogens with zero attached hydrogens (tertiary/aromatic N) is 6. The van der Waals surface area contributed by atoms with Gasteiger partial charge >= 0.3 is 12.1 Å². The van der Waals surface area contributed by atoms with Gasteiger partial charge in [0, 0.05) is 30.9 Å². The zero-order chi connectivity index (χ0) is 25.8. The van der Waals surface area contributed by atoms with Crippen molar-refractivity contribution in [1.82, 2.24) is 29.5 Å². The molecular formula is C26H23N7O4. The van der Waals surface area contributed by atoms with Crippen LogP contribution in [-0.2, 0) is 9.53 Å². The zero-order valence-corrected chi connectivity index (χ0v) is 20.0. The molecule has 4 aromatic rings. The van der Waals surface area contributed by atoms with Crippen molar-refractivity contribution in [1.29, 1.82) is 0 Å². The number of aromatic nitrogens is 6. The molecule has 0 spiro atoms. The molecule has 186 valence electrons. The monoisotopic (exact) mass is 497 g/mol. The molecular weight excluding hydrogens is 474 g/mol. The highest BCUT2D eigenvalue weighted by Crippen LogP contribution is 2.24. The Kier molecular flexibility index (Phi) is 6.72. The van der Waals surface area contributed by atoms with E-state index in [-0.39, 0.29) is 18.1 Å². The SMILES string of the molecule is CC(=O)O[C@H]1CC[C@@H](Nc2nccc(-c3nccc(C#Cc4ccc5c(c4)ncn5C(=O)O)n3)n2)CC1. The molecule has 0 saturated heterocycles. The third-order valence-corrected chi connectivity index (χ3v) is 5.97. The molecule has 0 atom stereocenters. The van der Waals surface area contributed by atoms with Gasteiger partial charge in [-0.2, -0.15) is 0 Å². The Bertz CT molecular complexity index is 1530. The molecule has 1 saturated carbocycles. The van der Waals surface area contributed by atoms with Crippen molar-refractivity contribution in [2.45, 2.75) is 44.8 Å². The van der Waals surface area contributed by atoms with Gasteiger partial charge in [-0.3, -0.25) is 4.79 Å². The van der Waals surface area contributed by atoms with Gasteiger partial charge < -0.3 is 15.2 Å². The predicted octanol–water partition coefficient (Wildman–Crippen LogP) is 3.50. The maximum Gasteiger partial charge on any atom is 0.417 e. The molecule has 37 heavy (non-hydrogen) atoms. The summed E-state index contributed by atoms with van der Waals surface area (Å²) < 4.78 is 6.36. The van der Waals surface area contributed by atoms with Crippen LogP contribution in [0.4, 0.5) is 10.7 Å². The normalized spacial score (nSPS) is 17.0. The van der Waals surface area contributed by atoms with Crippen LogP contribution in [0.15, 0.2) is 49.1 Å². The molecule has 5 rings (SSSR count). The van der Waals surface area contributed by atoms with Gasteiger partial charge in [-0.25, -0.2) is 34.3 Å². The van der Waals surface area contributed by atoms with Crippen molar-refractivity contribution in [3.8, 4) is 23.4 Å². The van der Waals surface area contributed by atoms with E-state index in [0.717, 1.165) is 30.3 Å². The maximum absolute atomic E-state index is 11.2. The lowest BCUT2D eigenvalue weighted by Crippen LogP contribution is -2.31. The molecule has 11 nitrogen and oxygen atoms in total. The van der Waals surface area contributed by atoms with Crippen LogP contribution in [0.3, 0.4) is 0 Å². The fourth-order valence-corrected chi connectivity index (χ4v) is 4.23. The second-order valence-corrected chi connectivity index (χ2v) is 8.61. The van der Waals surface area contributed by atoms with Crippen LogP contribution in [0.5, 0.6) is 0 Å². The van der Waals surface area contributed by atoms with E-state index in [0.29, 0.717) is 39.8 Å². The molecule has 11 heteroatoms. The topological polar surface area (TPSA) is 145 Å². The van der Waals surface area contributed by atoms with Gasteiger partial charge in [0.1, 0.15) is 23.8 Å². The number of carbonyl (C=O) groups is 2. The first-order valence-electron chi connectivity index (χ1n) is 11.8. The molecule has 1 aliphatic carbocycles. The van der Waals surface area contributed by atoms with Gasteiger partial charge in [-0.1, -0.05) is 5.92 Å². The minimum Gasteiger partial charge on any atom is -0.464 e. The number of ether oxygens (including phenoxy) is 1. The molecule has 0 amide bonds. The molecule has 1 aromatic carbocycles. The van der Waals surface area contributed by atoms with E-state index < -0.39 is 6.09 Å². The van der Waals surface area contributed by atoms with Gasteiger partial charge in [0.25, 0.3) is 0 Å². The van der Waals surface area contributed by atoms with Crippen molar-refractivity contribution in [3.05, 3.63) is 60.3 Å². The van der Waals surface area contributed by atoms with Crippen LogP contribution in [0, 0.1) is 11.8 Å². The lowest BCUT2D eigenvalue weighted by molar-refractivity contribution is -0.147. The number of hydrogen-bond acceptors (Lipinski definition) is 9. The quantitative estimate of drug-likeness (QED) is 0.317. The number of imidazole rings is 1. The van der Waals surface area contributed by atoms with Gasteiger partial charge in [0.15, 0.2) is 5.82 Å². The number of hydrogen-bond donors (Lipinski definition) is 2. The highest BCUT2D eigenvalue weighted by molar-refractivity contribution is 5.86. The van der Waals surface area contributed by atoms with Crippen LogP contribution in [0.2, 0.25) is 0 Å². The first-order chi connectivity index (χ1) is 17.9. The molecule has 3 heterocycles. The third kappa shape index (κ3) is 5.70. The Hall–Kier alpha value is -4.85. The molecule has 1 aliphatic rings. The minimum atomic E-state index is -1.09. The summed E-state index contributed by atoms with van der Waals surface area (Å²) in [7, 11) is 0. The number of nitrogens with one attached hydrogen (secondary N) is 1. The van der Waals surface area contributed by atoms with Gasteiger partial charge in [0.05, 0.1) is 11.0 Å². The third-order valence-electron chi connectivity index (χ3n) is 5.97. The van der Waals surface area contributed by atoms with E-state index in [4.69, 9.17) is 4.74 Å². The largest absolute Gasteiger partial charge is 0.464 e. The first-order valence-corrected chi connectivity index (χ1v) is 11.8. The van der Waals surface area contributed by atoms with Crippen molar-refractivity contribution < 1.29 is 19.4 Å². The molecule has 3 aromatic heterocycles. The predicted molar refractivity (Wildman–Crippen MR) is 134 cm³/mol. The Morgan fingerprint density at radius 1 is 1.03 bits per heavy atom. The maximum atomic E-state index is 11.2. The molecule has 0 aliphatic heterocycles. The van der Waals surface area contributed by atoms with Gasteiger partial charge in [-0.05, 0) is 61.9 Å². The van der Waals surface area contributed by atoms with Gasteiger partial charge in [0.2, 0.25) is 5.95 Å². The highest BCUT2D eigenvalue weighted by atomic mass is 16.5. The summed E-state index contributed by atoms with van der Waals surface area (Å²) in [5.41, 5.74) is 2.79. The van der Waals surface area contributed by atoms with Crippen LogP contribution in [-0.4, -0.2) is 58.8 Å². The summed E-state index contributed by atoms with van der Waals surface area (Å²) in [6.07, 6.45) is 6.74. The Balaban J connectivity index is 1.28. The van der Waals surface area contributed by atoms with Crippen LogP contribution in [0.1, 0.15) is 43.9 Å². The smallest absolute Gasteiger partial charge is 0.417 e. The number of esters is 1. The number of benzene rings is 1. The number of carboxylic acid groups (broad SMARTS) is 1. The number of anilines is 1. The lowest BCUT2D eigenvalue weighted by Gasteiger charge is -2.28. The van der Waals surface area contributed by atoms with E-state index in [1.54, 1.807) is 42.7 Å². The molecule has 1 fully saturated rings. The minimum absolute atomic E-state index is 0.0241. The first kappa shape index (κ1) is 23.9. The van der Waals surface area contributed by atoms with E-state index in [1.807, 2.05) is 0 Å². The molecule has 0 unspecified atom stereocenters. The second-order valence-electron chi connectivity index (χ2n) is 8.61. The van der Waals surface area contributed by atoms with Crippen molar-refractivity contribution >= 4 is 29.0 Å². The lowest BCUT2D eigenvalue weighted by atomic mass is 9.93. The van der Waals surface area contributed by atoms with Crippen LogP contribution in [0.25, 0.3) is 22.6 Å². The Morgan fingerprint density at radius 3 is 2.62 bits per heavy atom. The zero-order valence-electron chi connectivity index (χ0n) is 20.0. The summed E-state index contributed by atoms with van der Waals surface area (Å²) >= 11 is 0. The average Bonchev–Trinajstić information content (AvgIpc) is 3.32. The second kappa shape index (κ2) is 10.4. The standard InChI is InChI=1S/C26H23N7O4/c1-16(34)37-20-7-5-18(6-8-20)31-25-28-13-11-21(32-25)24-27-12-10-19(30-24)4-2-17-3-9-23-22(14-17)29-15-33(23)26(35)36/h3,9-15,18,20H,5-8H2,1H3,(H,35,36)(H,28,31,32)/t18-,20+. The summed E-state index contributed by atoms with van der Waals surface area (Å²) in [4.78, 5) is 44.3. The van der Waals surface area contributed by atoms with E-state index >= 15 is 0 Å². The average molecular weight is 498 g/mol. The number of rotatable bonds is 4. The van der Waals surface area contributed by atoms with Crippen molar-refractivity contribution in [2.24, 2.45) is 0 Å². The fraction of sp³-hybridized carbons (Fsp3) is 0.269. The van der Waals surface area contributed by atoms with E-state index in [1.165, 1.54) is 13.3 Å².